The molecule has 1 heterocycles. The molecule has 1 aromatic heterocycles. The summed E-state index contributed by atoms with van der Waals surface area (Å²) < 4.78 is 0. The molecule has 0 saturated carbocycles. The number of hydrogen-bond donors (Lipinski definition) is 1. The van der Waals surface area contributed by atoms with Crippen molar-refractivity contribution in [2.45, 2.75) is 20.8 Å². The molecular formula is C9H16N2S. The van der Waals surface area contributed by atoms with Crippen molar-refractivity contribution in [3.63, 3.8) is 0 Å². The van der Waals surface area contributed by atoms with Crippen molar-refractivity contribution in [1.29, 1.82) is 0 Å². The SMILES string of the molecule is CC(C)C(C)CNc1nccs1. The van der Waals surface area contributed by atoms with E-state index in [-0.39, 0.29) is 0 Å². The number of anilines is 1. The highest BCUT2D eigenvalue weighted by Crippen LogP contribution is 2.14. The monoisotopic (exact) mass is 184 g/mol. The highest BCUT2D eigenvalue weighted by atomic mass is 32.1. The quantitative estimate of drug-likeness (QED) is 0.778. The van der Waals surface area contributed by atoms with Crippen LogP contribution in [0, 0.1) is 11.8 Å². The van der Waals surface area contributed by atoms with Crippen LogP contribution < -0.4 is 5.32 Å². The molecule has 0 spiro atoms. The summed E-state index contributed by atoms with van der Waals surface area (Å²) in [5.74, 6) is 1.44. The molecule has 2 nitrogen and oxygen atoms in total. The van der Waals surface area contributed by atoms with Gasteiger partial charge in [-0.1, -0.05) is 20.8 Å². The third-order valence-corrected chi connectivity index (χ3v) is 2.88. The predicted octanol–water partition coefficient (Wildman–Crippen LogP) is 2.85. The zero-order valence-electron chi connectivity index (χ0n) is 7.87. The van der Waals surface area contributed by atoms with Crippen molar-refractivity contribution >= 4 is 16.5 Å². The number of aromatic nitrogens is 1. The first-order valence-corrected chi connectivity index (χ1v) is 5.21. The third kappa shape index (κ3) is 2.81. The zero-order valence-corrected chi connectivity index (χ0v) is 8.69. The second kappa shape index (κ2) is 4.45. The molecule has 1 atom stereocenters. The molecule has 1 N–H and O–H groups in total. The van der Waals surface area contributed by atoms with Gasteiger partial charge in [0, 0.05) is 18.1 Å². The summed E-state index contributed by atoms with van der Waals surface area (Å²) >= 11 is 1.65. The van der Waals surface area contributed by atoms with Gasteiger partial charge in [-0.05, 0) is 11.8 Å². The van der Waals surface area contributed by atoms with E-state index in [1.807, 2.05) is 11.6 Å². The van der Waals surface area contributed by atoms with Crippen molar-refractivity contribution in [2.75, 3.05) is 11.9 Å². The van der Waals surface area contributed by atoms with Gasteiger partial charge < -0.3 is 5.32 Å². The fourth-order valence-corrected chi connectivity index (χ4v) is 1.33. The molecule has 1 rings (SSSR count). The van der Waals surface area contributed by atoms with Gasteiger partial charge in [0.25, 0.3) is 0 Å². The molecule has 1 unspecified atom stereocenters. The van der Waals surface area contributed by atoms with Gasteiger partial charge in [-0.15, -0.1) is 11.3 Å². The molecule has 0 aliphatic heterocycles. The lowest BCUT2D eigenvalue weighted by Gasteiger charge is -2.15. The standard InChI is InChI=1S/C9H16N2S/c1-7(2)8(3)6-11-9-10-4-5-12-9/h4-5,7-8H,6H2,1-3H3,(H,10,11). The molecule has 12 heavy (non-hydrogen) atoms. The topological polar surface area (TPSA) is 24.9 Å². The molecule has 0 aliphatic rings. The van der Waals surface area contributed by atoms with Gasteiger partial charge in [0.15, 0.2) is 5.13 Å². The van der Waals surface area contributed by atoms with Crippen LogP contribution >= 0.6 is 11.3 Å². The maximum absolute atomic E-state index is 4.15. The Morgan fingerprint density at radius 3 is 2.75 bits per heavy atom. The van der Waals surface area contributed by atoms with Crippen LogP contribution in [0.15, 0.2) is 11.6 Å². The van der Waals surface area contributed by atoms with E-state index in [2.05, 4.69) is 31.1 Å². The van der Waals surface area contributed by atoms with Crippen LogP contribution in [0.4, 0.5) is 5.13 Å². The predicted molar refractivity (Wildman–Crippen MR) is 54.6 cm³/mol. The summed E-state index contributed by atoms with van der Waals surface area (Å²) in [6, 6.07) is 0. The Bertz CT molecular complexity index is 206. The molecule has 0 amide bonds. The number of thiazole rings is 1. The largest absolute Gasteiger partial charge is 0.361 e. The number of nitrogens with zero attached hydrogens (tertiary/aromatic N) is 1. The van der Waals surface area contributed by atoms with Crippen LogP contribution in [-0.4, -0.2) is 11.5 Å². The minimum absolute atomic E-state index is 0.703. The maximum Gasteiger partial charge on any atom is 0.182 e. The maximum atomic E-state index is 4.15. The average Bonchev–Trinajstić information content (AvgIpc) is 2.51. The first-order chi connectivity index (χ1) is 5.70. The lowest BCUT2D eigenvalue weighted by molar-refractivity contribution is 0.439. The Hall–Kier alpha value is -0.570. The van der Waals surface area contributed by atoms with Crippen molar-refractivity contribution in [3.8, 4) is 0 Å². The molecule has 0 radical (unpaired) electrons. The average molecular weight is 184 g/mol. The molecule has 3 heteroatoms. The lowest BCUT2D eigenvalue weighted by atomic mass is 9.98. The van der Waals surface area contributed by atoms with Gasteiger partial charge in [0.2, 0.25) is 0 Å². The minimum Gasteiger partial charge on any atom is -0.361 e. The van der Waals surface area contributed by atoms with E-state index in [0.29, 0.717) is 5.92 Å². The van der Waals surface area contributed by atoms with Crippen molar-refractivity contribution in [1.82, 2.24) is 4.98 Å². The van der Waals surface area contributed by atoms with Crippen LogP contribution in [0.2, 0.25) is 0 Å². The van der Waals surface area contributed by atoms with Gasteiger partial charge in [0.05, 0.1) is 0 Å². The zero-order chi connectivity index (χ0) is 8.97. The van der Waals surface area contributed by atoms with Crippen molar-refractivity contribution in [2.24, 2.45) is 11.8 Å². The van der Waals surface area contributed by atoms with E-state index >= 15 is 0 Å². The molecule has 0 fully saturated rings. The summed E-state index contributed by atoms with van der Waals surface area (Å²) in [6.45, 7) is 7.76. The van der Waals surface area contributed by atoms with Gasteiger partial charge in [0.1, 0.15) is 0 Å². The van der Waals surface area contributed by atoms with E-state index in [4.69, 9.17) is 0 Å². The molecule has 0 aromatic carbocycles. The number of hydrogen-bond acceptors (Lipinski definition) is 3. The molecule has 1 aromatic rings. The highest BCUT2D eigenvalue weighted by molar-refractivity contribution is 7.13. The van der Waals surface area contributed by atoms with Crippen molar-refractivity contribution < 1.29 is 0 Å². The van der Waals surface area contributed by atoms with Crippen LogP contribution in [-0.2, 0) is 0 Å². The van der Waals surface area contributed by atoms with Crippen LogP contribution in [0.1, 0.15) is 20.8 Å². The van der Waals surface area contributed by atoms with Crippen molar-refractivity contribution in [3.05, 3.63) is 11.6 Å². The minimum atomic E-state index is 0.703. The van der Waals surface area contributed by atoms with E-state index in [1.165, 1.54) is 0 Å². The van der Waals surface area contributed by atoms with Gasteiger partial charge in [-0.2, -0.15) is 0 Å². The summed E-state index contributed by atoms with van der Waals surface area (Å²) in [6.07, 6.45) is 1.83. The van der Waals surface area contributed by atoms with Crippen LogP contribution in [0.25, 0.3) is 0 Å². The number of rotatable bonds is 4. The Kier molecular flexibility index (Phi) is 3.53. The van der Waals surface area contributed by atoms with Crippen LogP contribution in [0.3, 0.4) is 0 Å². The fourth-order valence-electron chi connectivity index (χ4n) is 0.795. The Morgan fingerprint density at radius 1 is 1.50 bits per heavy atom. The lowest BCUT2D eigenvalue weighted by Crippen LogP contribution is -2.15. The van der Waals surface area contributed by atoms with E-state index in [0.717, 1.165) is 17.6 Å². The summed E-state index contributed by atoms with van der Waals surface area (Å²) in [4.78, 5) is 4.15. The van der Waals surface area contributed by atoms with E-state index in [9.17, 15) is 0 Å². The second-order valence-electron chi connectivity index (χ2n) is 3.44. The third-order valence-electron chi connectivity index (χ3n) is 2.15. The molecule has 0 bridgehead atoms. The van der Waals surface area contributed by atoms with Gasteiger partial charge in [-0.3, -0.25) is 0 Å². The summed E-state index contributed by atoms with van der Waals surface area (Å²) in [7, 11) is 0. The smallest absolute Gasteiger partial charge is 0.182 e. The molecular weight excluding hydrogens is 168 g/mol. The van der Waals surface area contributed by atoms with E-state index in [1.54, 1.807) is 11.3 Å². The van der Waals surface area contributed by atoms with Gasteiger partial charge >= 0.3 is 0 Å². The Labute approximate surface area is 78.0 Å². The first kappa shape index (κ1) is 9.52. The first-order valence-electron chi connectivity index (χ1n) is 4.33. The summed E-state index contributed by atoms with van der Waals surface area (Å²) in [5, 5.41) is 6.33. The molecule has 0 aliphatic carbocycles. The Morgan fingerprint density at radius 2 is 2.25 bits per heavy atom. The second-order valence-corrected chi connectivity index (χ2v) is 4.33. The molecule has 0 saturated heterocycles. The van der Waals surface area contributed by atoms with Crippen LogP contribution in [0.5, 0.6) is 0 Å². The normalized spacial score (nSPS) is 13.3. The Balaban J connectivity index is 2.27. The fraction of sp³-hybridized carbons (Fsp3) is 0.667. The number of nitrogens with one attached hydrogen (secondary N) is 1. The highest BCUT2D eigenvalue weighted by Gasteiger charge is 2.06. The summed E-state index contributed by atoms with van der Waals surface area (Å²) in [5.41, 5.74) is 0. The van der Waals surface area contributed by atoms with Gasteiger partial charge in [-0.25, -0.2) is 4.98 Å². The molecule has 68 valence electrons. The van der Waals surface area contributed by atoms with E-state index < -0.39 is 0 Å².